The van der Waals surface area contributed by atoms with E-state index in [1.807, 2.05) is 13.8 Å². The van der Waals surface area contributed by atoms with Crippen LogP contribution in [-0.4, -0.2) is 39.8 Å². The Kier molecular flexibility index (Phi) is 5.97. The fourth-order valence-corrected chi connectivity index (χ4v) is 3.66. The van der Waals surface area contributed by atoms with Crippen molar-refractivity contribution in [2.45, 2.75) is 25.2 Å². The van der Waals surface area contributed by atoms with Crippen molar-refractivity contribution in [2.24, 2.45) is 5.41 Å². The predicted molar refractivity (Wildman–Crippen MR) is 78.8 cm³/mol. The smallest absolute Gasteiger partial charge is 0.371 e. The van der Waals surface area contributed by atoms with Gasteiger partial charge in [-0.25, -0.2) is 17.9 Å². The highest BCUT2D eigenvalue weighted by atomic mass is 79.9. The number of rotatable bonds is 8. The monoisotopic (exact) mass is 383 g/mol. The van der Waals surface area contributed by atoms with Crippen LogP contribution in [0.2, 0.25) is 0 Å². The van der Waals surface area contributed by atoms with Crippen LogP contribution >= 0.6 is 15.9 Å². The summed E-state index contributed by atoms with van der Waals surface area (Å²) in [6.07, 6.45) is 0.680. The van der Waals surface area contributed by atoms with E-state index in [1.165, 1.54) is 0 Å². The van der Waals surface area contributed by atoms with Gasteiger partial charge in [-0.3, -0.25) is 0 Å². The molecule has 120 valence electrons. The third-order valence-corrected chi connectivity index (χ3v) is 5.14. The highest BCUT2D eigenvalue weighted by Crippen LogP contribution is 2.27. The molecule has 0 aliphatic rings. The van der Waals surface area contributed by atoms with Gasteiger partial charge in [0, 0.05) is 26.3 Å². The van der Waals surface area contributed by atoms with Gasteiger partial charge in [0.15, 0.2) is 4.67 Å². The Bertz CT molecular complexity index is 607. The molecule has 2 N–H and O–H groups in total. The Morgan fingerprint density at radius 1 is 1.52 bits per heavy atom. The Balaban J connectivity index is 2.85. The van der Waals surface area contributed by atoms with Gasteiger partial charge in [0.1, 0.15) is 4.90 Å². The van der Waals surface area contributed by atoms with E-state index in [4.69, 9.17) is 14.3 Å². The minimum Gasteiger partial charge on any atom is -0.475 e. The average Bonchev–Trinajstić information content (AvgIpc) is 2.78. The lowest BCUT2D eigenvalue weighted by Crippen LogP contribution is -2.34. The molecule has 0 bridgehead atoms. The van der Waals surface area contributed by atoms with Crippen LogP contribution in [0.4, 0.5) is 0 Å². The zero-order valence-corrected chi connectivity index (χ0v) is 14.4. The number of methoxy groups -OCH3 is 1. The van der Waals surface area contributed by atoms with Gasteiger partial charge in [-0.2, -0.15) is 0 Å². The van der Waals surface area contributed by atoms with E-state index in [0.29, 0.717) is 13.0 Å². The minimum absolute atomic E-state index is 0.137. The first-order valence-corrected chi connectivity index (χ1v) is 8.38. The average molecular weight is 384 g/mol. The first-order valence-electron chi connectivity index (χ1n) is 6.10. The van der Waals surface area contributed by atoms with Gasteiger partial charge in [0.25, 0.3) is 0 Å². The lowest BCUT2D eigenvalue weighted by atomic mass is 9.90. The van der Waals surface area contributed by atoms with Gasteiger partial charge >= 0.3 is 5.97 Å². The van der Waals surface area contributed by atoms with Gasteiger partial charge in [-0.05, 0) is 27.8 Å². The van der Waals surface area contributed by atoms with Crippen LogP contribution in [0.3, 0.4) is 0 Å². The predicted octanol–water partition coefficient (Wildman–Crippen LogP) is 2.08. The number of furan rings is 1. The zero-order chi connectivity index (χ0) is 16.3. The molecule has 21 heavy (non-hydrogen) atoms. The first kappa shape index (κ1) is 18.1. The van der Waals surface area contributed by atoms with Crippen molar-refractivity contribution < 1.29 is 27.5 Å². The number of halogens is 1. The molecule has 1 heterocycles. The zero-order valence-electron chi connectivity index (χ0n) is 12.0. The maximum atomic E-state index is 12.2. The van der Waals surface area contributed by atoms with E-state index >= 15 is 0 Å². The van der Waals surface area contributed by atoms with Crippen LogP contribution in [0.1, 0.15) is 30.8 Å². The largest absolute Gasteiger partial charge is 0.475 e. The molecule has 0 atom stereocenters. The second-order valence-corrected chi connectivity index (χ2v) is 7.74. The summed E-state index contributed by atoms with van der Waals surface area (Å²) in [6, 6.07) is 0.969. The second-order valence-electron chi connectivity index (χ2n) is 5.29. The Morgan fingerprint density at radius 3 is 2.62 bits per heavy atom. The number of carbonyl (C=O) groups is 1. The third kappa shape index (κ3) is 5.10. The summed E-state index contributed by atoms with van der Waals surface area (Å²) in [4.78, 5) is 10.6. The number of hydrogen-bond acceptors (Lipinski definition) is 5. The number of carboxylic acids is 1. The summed E-state index contributed by atoms with van der Waals surface area (Å²) in [6.45, 7) is 4.52. The van der Waals surface area contributed by atoms with Crippen LogP contribution < -0.4 is 4.72 Å². The maximum Gasteiger partial charge on any atom is 0.371 e. The molecule has 7 nitrogen and oxygen atoms in total. The number of sulfonamides is 1. The van der Waals surface area contributed by atoms with Crippen LogP contribution in [0.15, 0.2) is 20.0 Å². The lowest BCUT2D eigenvalue weighted by Gasteiger charge is -2.24. The molecule has 0 unspecified atom stereocenters. The van der Waals surface area contributed by atoms with Crippen molar-refractivity contribution >= 4 is 31.9 Å². The number of carboxylic acid groups (broad SMARTS) is 1. The normalized spacial score (nSPS) is 12.6. The quantitative estimate of drug-likeness (QED) is 0.711. The Morgan fingerprint density at radius 2 is 2.14 bits per heavy atom. The summed E-state index contributed by atoms with van der Waals surface area (Å²) in [5.74, 6) is -1.78. The summed E-state index contributed by atoms with van der Waals surface area (Å²) in [5, 5.41) is 8.80. The van der Waals surface area contributed by atoms with Crippen molar-refractivity contribution in [3.8, 4) is 0 Å². The van der Waals surface area contributed by atoms with Crippen molar-refractivity contribution in [2.75, 3.05) is 20.3 Å². The molecule has 0 saturated heterocycles. The molecule has 0 spiro atoms. The molecule has 9 heteroatoms. The van der Waals surface area contributed by atoms with Gasteiger partial charge in [0.2, 0.25) is 15.8 Å². The number of ether oxygens (including phenoxy) is 1. The summed E-state index contributed by atoms with van der Waals surface area (Å²) in [5.41, 5.74) is -0.297. The standard InChI is InChI=1S/C12H18BrNO6S/c1-12(2,4-5-19-3)7-14-21(17,18)9-6-8(11(15)16)20-10(9)13/h6,14H,4-5,7H2,1-3H3,(H,15,16). The fourth-order valence-electron chi connectivity index (χ4n) is 1.48. The molecular weight excluding hydrogens is 366 g/mol. The first-order chi connectivity index (χ1) is 9.59. The molecule has 1 rings (SSSR count). The Labute approximate surface area is 131 Å². The number of nitrogens with one attached hydrogen (secondary N) is 1. The summed E-state index contributed by atoms with van der Waals surface area (Å²) < 4.78 is 36.5. The van der Waals surface area contributed by atoms with E-state index in [9.17, 15) is 13.2 Å². The highest BCUT2D eigenvalue weighted by molar-refractivity contribution is 9.10. The third-order valence-electron chi connectivity index (χ3n) is 2.88. The van der Waals surface area contributed by atoms with Crippen molar-refractivity contribution in [1.82, 2.24) is 4.72 Å². The van der Waals surface area contributed by atoms with Crippen molar-refractivity contribution in [3.63, 3.8) is 0 Å². The molecule has 1 aromatic rings. The fraction of sp³-hybridized carbons (Fsp3) is 0.583. The summed E-state index contributed by atoms with van der Waals surface area (Å²) in [7, 11) is -2.28. The van der Waals surface area contributed by atoms with Gasteiger partial charge in [0.05, 0.1) is 0 Å². The van der Waals surface area contributed by atoms with E-state index in [1.54, 1.807) is 7.11 Å². The SMILES string of the molecule is COCCC(C)(C)CNS(=O)(=O)c1cc(C(=O)O)oc1Br. The number of aromatic carboxylic acids is 1. The van der Waals surface area contributed by atoms with Gasteiger partial charge in [-0.1, -0.05) is 13.8 Å². The molecule has 0 saturated carbocycles. The number of hydrogen-bond donors (Lipinski definition) is 2. The maximum absolute atomic E-state index is 12.2. The molecular formula is C12H18BrNO6S. The molecule has 0 radical (unpaired) electrons. The minimum atomic E-state index is -3.86. The van der Waals surface area contributed by atoms with Gasteiger partial charge < -0.3 is 14.3 Å². The molecule has 0 aromatic carbocycles. The molecule has 0 aliphatic heterocycles. The summed E-state index contributed by atoms with van der Waals surface area (Å²) >= 11 is 2.91. The van der Waals surface area contributed by atoms with Crippen molar-refractivity contribution in [3.05, 3.63) is 16.5 Å². The molecule has 0 fully saturated rings. The second kappa shape index (κ2) is 6.91. The van der Waals surface area contributed by atoms with Crippen LogP contribution in [0.5, 0.6) is 0 Å². The van der Waals surface area contributed by atoms with E-state index < -0.39 is 21.8 Å². The topological polar surface area (TPSA) is 106 Å². The Hall–Kier alpha value is -0.900. The van der Waals surface area contributed by atoms with Crippen LogP contribution in [-0.2, 0) is 14.8 Å². The van der Waals surface area contributed by atoms with E-state index in [2.05, 4.69) is 20.7 Å². The van der Waals surface area contributed by atoms with Crippen molar-refractivity contribution in [1.29, 1.82) is 0 Å². The van der Waals surface area contributed by atoms with Crippen LogP contribution in [0.25, 0.3) is 0 Å². The van der Waals surface area contributed by atoms with Gasteiger partial charge in [-0.15, -0.1) is 0 Å². The van der Waals surface area contributed by atoms with E-state index in [0.717, 1.165) is 6.07 Å². The highest BCUT2D eigenvalue weighted by Gasteiger charge is 2.27. The molecule has 1 aromatic heterocycles. The molecule has 0 aliphatic carbocycles. The molecule has 0 amide bonds. The van der Waals surface area contributed by atoms with E-state index in [-0.39, 0.29) is 21.5 Å². The van der Waals surface area contributed by atoms with Crippen LogP contribution in [0, 0.1) is 5.41 Å². The lowest BCUT2D eigenvalue weighted by molar-refractivity contribution is 0.0661.